The summed E-state index contributed by atoms with van der Waals surface area (Å²) < 4.78 is 1.73. The summed E-state index contributed by atoms with van der Waals surface area (Å²) in [6, 6.07) is 1.54. The summed E-state index contributed by atoms with van der Waals surface area (Å²) in [4.78, 5) is 10.7. The summed E-state index contributed by atoms with van der Waals surface area (Å²) in [7, 11) is 0. The molecule has 1 heterocycles. The highest BCUT2D eigenvalue weighted by atomic mass is 35.5. The van der Waals surface area contributed by atoms with Gasteiger partial charge in [0.15, 0.2) is 0 Å². The molecule has 0 spiro atoms. The van der Waals surface area contributed by atoms with E-state index in [4.69, 9.17) is 28.3 Å². The molecule has 0 radical (unpaired) electrons. The third-order valence-corrected chi connectivity index (χ3v) is 2.52. The number of carbonyl (C=O) groups is 1. The summed E-state index contributed by atoms with van der Waals surface area (Å²) in [5.74, 6) is -0.938. The lowest BCUT2D eigenvalue weighted by molar-refractivity contribution is 0.0696. The highest BCUT2D eigenvalue weighted by molar-refractivity contribution is 6.36. The molecule has 1 N–H and O–H groups in total. The van der Waals surface area contributed by atoms with Gasteiger partial charge >= 0.3 is 5.97 Å². The number of allylic oxidation sites excluding steroid dienone is 1. The minimum Gasteiger partial charge on any atom is -0.478 e. The molecule has 5 heteroatoms. The van der Waals surface area contributed by atoms with Gasteiger partial charge in [0, 0.05) is 22.5 Å². The van der Waals surface area contributed by atoms with Gasteiger partial charge in [0.1, 0.15) is 0 Å². The number of carboxylic acids is 1. The number of nitrogens with zero attached hydrogens (tertiary/aromatic N) is 1. The van der Waals surface area contributed by atoms with Crippen molar-refractivity contribution < 1.29 is 9.90 Å². The van der Waals surface area contributed by atoms with Gasteiger partial charge in [-0.25, -0.2) is 4.79 Å². The van der Waals surface area contributed by atoms with E-state index in [2.05, 4.69) is 0 Å². The standard InChI is InChI=1S/C9H9Cl2NO2/c1-6-8(9(13)14)2-3-12(6)5-7(11)4-10/h2-4H,5H2,1H3,(H,13,14)/b7-4-. The fourth-order valence-electron chi connectivity index (χ4n) is 1.15. The van der Waals surface area contributed by atoms with Gasteiger partial charge in [-0.05, 0) is 13.0 Å². The minimum absolute atomic E-state index is 0.282. The second kappa shape index (κ2) is 4.53. The largest absolute Gasteiger partial charge is 0.478 e. The monoisotopic (exact) mass is 233 g/mol. The first-order valence-electron chi connectivity index (χ1n) is 3.90. The van der Waals surface area contributed by atoms with E-state index in [9.17, 15) is 4.79 Å². The maximum absolute atomic E-state index is 10.7. The van der Waals surface area contributed by atoms with E-state index < -0.39 is 5.97 Å². The third-order valence-electron chi connectivity index (χ3n) is 1.91. The van der Waals surface area contributed by atoms with E-state index in [0.717, 1.165) is 0 Å². The Morgan fingerprint density at radius 3 is 2.79 bits per heavy atom. The summed E-state index contributed by atoms with van der Waals surface area (Å²) in [5.41, 5.74) is 2.21. The average Bonchev–Trinajstić information content (AvgIpc) is 2.48. The lowest BCUT2D eigenvalue weighted by Crippen LogP contribution is -2.03. The zero-order chi connectivity index (χ0) is 10.7. The quantitative estimate of drug-likeness (QED) is 0.873. The van der Waals surface area contributed by atoms with E-state index in [1.807, 2.05) is 0 Å². The predicted octanol–water partition coefficient (Wildman–Crippen LogP) is 2.81. The molecule has 0 saturated heterocycles. The lowest BCUT2D eigenvalue weighted by Gasteiger charge is -2.04. The number of aromatic carboxylic acids is 1. The van der Waals surface area contributed by atoms with Crippen molar-refractivity contribution in [1.82, 2.24) is 4.57 Å². The Morgan fingerprint density at radius 1 is 1.71 bits per heavy atom. The smallest absolute Gasteiger partial charge is 0.337 e. The molecule has 0 fully saturated rings. The van der Waals surface area contributed by atoms with E-state index in [-0.39, 0.29) is 5.56 Å². The van der Waals surface area contributed by atoms with Crippen molar-refractivity contribution in [3.63, 3.8) is 0 Å². The van der Waals surface area contributed by atoms with E-state index >= 15 is 0 Å². The molecule has 0 atom stereocenters. The molecule has 0 saturated carbocycles. The molecule has 0 aliphatic rings. The van der Waals surface area contributed by atoms with Gasteiger partial charge in [0.25, 0.3) is 0 Å². The zero-order valence-electron chi connectivity index (χ0n) is 7.50. The fourth-order valence-corrected chi connectivity index (χ4v) is 1.34. The van der Waals surface area contributed by atoms with Crippen LogP contribution in [0.3, 0.4) is 0 Å². The van der Waals surface area contributed by atoms with Gasteiger partial charge in [-0.3, -0.25) is 0 Å². The van der Waals surface area contributed by atoms with Crippen molar-refractivity contribution in [2.75, 3.05) is 0 Å². The molecule has 1 aromatic heterocycles. The van der Waals surface area contributed by atoms with Crippen LogP contribution >= 0.6 is 23.2 Å². The minimum atomic E-state index is -0.938. The molecule has 0 unspecified atom stereocenters. The summed E-state index contributed by atoms with van der Waals surface area (Å²) >= 11 is 11.1. The van der Waals surface area contributed by atoms with Crippen LogP contribution in [0, 0.1) is 6.92 Å². The van der Waals surface area contributed by atoms with Crippen molar-refractivity contribution in [3.05, 3.63) is 34.1 Å². The Morgan fingerprint density at radius 2 is 2.36 bits per heavy atom. The van der Waals surface area contributed by atoms with Crippen molar-refractivity contribution in [2.45, 2.75) is 13.5 Å². The summed E-state index contributed by atoms with van der Waals surface area (Å²) in [5, 5.41) is 9.24. The maximum Gasteiger partial charge on any atom is 0.337 e. The number of carboxylic acid groups (broad SMARTS) is 1. The molecule has 0 bridgehead atoms. The highest BCUT2D eigenvalue weighted by Crippen LogP contribution is 2.14. The molecule has 0 amide bonds. The van der Waals surface area contributed by atoms with E-state index in [0.29, 0.717) is 17.3 Å². The Hall–Kier alpha value is -0.930. The summed E-state index contributed by atoms with van der Waals surface area (Å²) in [6.07, 6.45) is 1.67. The van der Waals surface area contributed by atoms with Crippen LogP contribution in [-0.2, 0) is 6.54 Å². The molecule has 1 aromatic rings. The van der Waals surface area contributed by atoms with Crippen LogP contribution < -0.4 is 0 Å². The molecule has 3 nitrogen and oxygen atoms in total. The van der Waals surface area contributed by atoms with Gasteiger partial charge in [0.05, 0.1) is 12.1 Å². The van der Waals surface area contributed by atoms with Crippen LogP contribution in [0.5, 0.6) is 0 Å². The molecule has 76 valence electrons. The van der Waals surface area contributed by atoms with Crippen LogP contribution in [-0.4, -0.2) is 15.6 Å². The second-order valence-corrected chi connectivity index (χ2v) is 3.51. The Balaban J connectivity index is 2.96. The maximum atomic E-state index is 10.7. The first kappa shape index (κ1) is 11.1. The number of aromatic nitrogens is 1. The first-order chi connectivity index (χ1) is 6.56. The molecule has 1 rings (SSSR count). The fraction of sp³-hybridized carbons (Fsp3) is 0.222. The topological polar surface area (TPSA) is 42.2 Å². The Kier molecular flexibility index (Phi) is 3.61. The summed E-state index contributed by atoms with van der Waals surface area (Å²) in [6.45, 7) is 2.12. The number of halogens is 2. The molecular weight excluding hydrogens is 225 g/mol. The van der Waals surface area contributed by atoms with Crippen molar-refractivity contribution in [2.24, 2.45) is 0 Å². The van der Waals surface area contributed by atoms with Gasteiger partial charge < -0.3 is 9.67 Å². The van der Waals surface area contributed by atoms with Crippen LogP contribution in [0.25, 0.3) is 0 Å². The van der Waals surface area contributed by atoms with Crippen LogP contribution in [0.15, 0.2) is 22.8 Å². The second-order valence-electron chi connectivity index (χ2n) is 2.80. The zero-order valence-corrected chi connectivity index (χ0v) is 9.01. The molecule has 0 aliphatic carbocycles. The van der Waals surface area contributed by atoms with Crippen molar-refractivity contribution in [1.29, 1.82) is 0 Å². The van der Waals surface area contributed by atoms with Crippen molar-refractivity contribution >= 4 is 29.2 Å². The SMILES string of the molecule is Cc1c(C(=O)O)ccn1C/C(Cl)=C/Cl. The Bertz CT molecular complexity index is 382. The Labute approximate surface area is 91.5 Å². The van der Waals surface area contributed by atoms with Gasteiger partial charge in [0.2, 0.25) is 0 Å². The average molecular weight is 234 g/mol. The van der Waals surface area contributed by atoms with Crippen LogP contribution in [0.2, 0.25) is 0 Å². The molecule has 0 aromatic carbocycles. The molecule has 0 aliphatic heterocycles. The number of rotatable bonds is 3. The number of hydrogen-bond donors (Lipinski definition) is 1. The van der Waals surface area contributed by atoms with Crippen molar-refractivity contribution in [3.8, 4) is 0 Å². The van der Waals surface area contributed by atoms with Gasteiger partial charge in [-0.2, -0.15) is 0 Å². The first-order valence-corrected chi connectivity index (χ1v) is 4.71. The van der Waals surface area contributed by atoms with Gasteiger partial charge in [-0.1, -0.05) is 23.2 Å². The third kappa shape index (κ3) is 2.30. The van der Waals surface area contributed by atoms with E-state index in [1.165, 1.54) is 11.6 Å². The normalized spacial score (nSPS) is 11.8. The molecular formula is C9H9Cl2NO2. The predicted molar refractivity (Wildman–Crippen MR) is 55.9 cm³/mol. The van der Waals surface area contributed by atoms with Crippen LogP contribution in [0.1, 0.15) is 16.1 Å². The lowest BCUT2D eigenvalue weighted by atomic mass is 10.2. The highest BCUT2D eigenvalue weighted by Gasteiger charge is 2.10. The molecule has 14 heavy (non-hydrogen) atoms. The van der Waals surface area contributed by atoms with Crippen LogP contribution in [0.4, 0.5) is 0 Å². The van der Waals surface area contributed by atoms with Gasteiger partial charge in [-0.15, -0.1) is 0 Å². The van der Waals surface area contributed by atoms with E-state index in [1.54, 1.807) is 17.7 Å². The number of hydrogen-bond acceptors (Lipinski definition) is 1.